The van der Waals surface area contributed by atoms with E-state index >= 15 is 0 Å². The van der Waals surface area contributed by atoms with Crippen LogP contribution in [-0.4, -0.2) is 13.2 Å². The maximum atomic E-state index is 6.12. The molecule has 16 heavy (non-hydrogen) atoms. The summed E-state index contributed by atoms with van der Waals surface area (Å²) in [6.07, 6.45) is 3.07. The number of ether oxygens (including phenoxy) is 1. The maximum absolute atomic E-state index is 6.12. The monoisotopic (exact) mass is 237 g/mol. The van der Waals surface area contributed by atoms with Gasteiger partial charge in [-0.1, -0.05) is 23.7 Å². The summed E-state index contributed by atoms with van der Waals surface area (Å²) in [5.74, 6) is 0.968. The lowest BCUT2D eigenvalue weighted by molar-refractivity contribution is 0.261. The molecule has 0 aromatic heterocycles. The van der Waals surface area contributed by atoms with Gasteiger partial charge in [-0.3, -0.25) is 0 Å². The number of halogens is 1. The van der Waals surface area contributed by atoms with Crippen molar-refractivity contribution in [2.75, 3.05) is 7.11 Å². The van der Waals surface area contributed by atoms with Gasteiger partial charge >= 0.3 is 0 Å². The average Bonchev–Trinajstić information content (AvgIpc) is 3.07. The minimum absolute atomic E-state index is 0.0383. The van der Waals surface area contributed by atoms with Crippen molar-refractivity contribution in [2.45, 2.75) is 25.3 Å². The Labute approximate surface area is 101 Å². The van der Waals surface area contributed by atoms with Crippen molar-refractivity contribution in [1.29, 1.82) is 0 Å². The van der Waals surface area contributed by atoms with Crippen LogP contribution in [0.25, 0.3) is 0 Å². The number of nitrogens with two attached hydrogens (primary N) is 1. The summed E-state index contributed by atoms with van der Waals surface area (Å²) < 4.78 is 5.36. The molecule has 0 saturated heterocycles. The fraction of sp³-hybridized carbons (Fsp3) is 0.385. The van der Waals surface area contributed by atoms with E-state index in [1.165, 1.54) is 11.1 Å². The van der Waals surface area contributed by atoms with Gasteiger partial charge in [0.1, 0.15) is 5.76 Å². The molecule has 0 heterocycles. The standard InChI is InChI=1S/C13H16ClNO/c1-16-13(10-4-5-10)12(15)8-9-2-6-11(14)7-3-9/h2-3,6-7,12H,4-5,8,15H2,1H3. The van der Waals surface area contributed by atoms with Crippen LogP contribution in [0.3, 0.4) is 0 Å². The van der Waals surface area contributed by atoms with Gasteiger partial charge < -0.3 is 10.5 Å². The van der Waals surface area contributed by atoms with Crippen LogP contribution in [0.1, 0.15) is 18.4 Å². The van der Waals surface area contributed by atoms with Gasteiger partial charge in [-0.25, -0.2) is 0 Å². The first kappa shape index (κ1) is 11.5. The highest BCUT2D eigenvalue weighted by Gasteiger charge is 2.23. The van der Waals surface area contributed by atoms with Crippen molar-refractivity contribution in [2.24, 2.45) is 5.73 Å². The third kappa shape index (κ3) is 2.77. The largest absolute Gasteiger partial charge is 0.499 e. The van der Waals surface area contributed by atoms with E-state index in [1.54, 1.807) is 7.11 Å². The van der Waals surface area contributed by atoms with E-state index in [1.807, 2.05) is 24.3 Å². The quantitative estimate of drug-likeness (QED) is 0.818. The topological polar surface area (TPSA) is 35.2 Å². The number of hydrogen-bond donors (Lipinski definition) is 1. The van der Waals surface area contributed by atoms with Crippen molar-refractivity contribution in [3.05, 3.63) is 46.2 Å². The summed E-state index contributed by atoms with van der Waals surface area (Å²) in [4.78, 5) is 0. The molecule has 1 aromatic carbocycles. The van der Waals surface area contributed by atoms with Gasteiger partial charge in [0, 0.05) is 5.02 Å². The lowest BCUT2D eigenvalue weighted by atomic mass is 10.0. The predicted octanol–water partition coefficient (Wildman–Crippen LogP) is 2.90. The van der Waals surface area contributed by atoms with Crippen LogP contribution < -0.4 is 5.73 Å². The number of benzene rings is 1. The normalized spacial score (nSPS) is 15.8. The van der Waals surface area contributed by atoms with Gasteiger partial charge in [0.2, 0.25) is 0 Å². The van der Waals surface area contributed by atoms with Crippen molar-refractivity contribution in [3.8, 4) is 0 Å². The van der Waals surface area contributed by atoms with E-state index < -0.39 is 0 Å². The van der Waals surface area contributed by atoms with Crippen LogP contribution >= 0.6 is 11.6 Å². The first-order valence-electron chi connectivity index (χ1n) is 5.46. The number of allylic oxidation sites excluding steroid dienone is 1. The fourth-order valence-electron chi connectivity index (χ4n) is 1.83. The molecule has 1 fully saturated rings. The highest BCUT2D eigenvalue weighted by atomic mass is 35.5. The maximum Gasteiger partial charge on any atom is 0.112 e. The zero-order chi connectivity index (χ0) is 11.5. The molecule has 0 bridgehead atoms. The third-order valence-corrected chi connectivity index (χ3v) is 3.03. The molecule has 1 aliphatic carbocycles. The van der Waals surface area contributed by atoms with Crippen LogP contribution in [0.15, 0.2) is 35.6 Å². The fourth-order valence-corrected chi connectivity index (χ4v) is 1.96. The Bertz CT molecular complexity index is 391. The number of methoxy groups -OCH3 is 1. The lowest BCUT2D eigenvalue weighted by Crippen LogP contribution is -2.26. The first-order chi connectivity index (χ1) is 7.70. The van der Waals surface area contributed by atoms with Gasteiger partial charge in [-0.05, 0) is 42.5 Å². The zero-order valence-corrected chi connectivity index (χ0v) is 10.1. The van der Waals surface area contributed by atoms with Gasteiger partial charge in [0.25, 0.3) is 0 Å². The Hall–Kier alpha value is -0.990. The molecule has 1 atom stereocenters. The van der Waals surface area contributed by atoms with E-state index in [0.29, 0.717) is 0 Å². The SMILES string of the molecule is COC(=C1CC1)C(N)Cc1ccc(Cl)cc1. The molecular formula is C13H16ClNO. The van der Waals surface area contributed by atoms with Gasteiger partial charge in [0.05, 0.1) is 13.2 Å². The first-order valence-corrected chi connectivity index (χ1v) is 5.84. The molecule has 3 heteroatoms. The van der Waals surface area contributed by atoms with Crippen molar-refractivity contribution >= 4 is 11.6 Å². The molecule has 86 valence electrons. The van der Waals surface area contributed by atoms with Crippen LogP contribution in [-0.2, 0) is 11.2 Å². The molecule has 0 spiro atoms. The van der Waals surface area contributed by atoms with E-state index in [9.17, 15) is 0 Å². The molecule has 2 rings (SSSR count). The second-order valence-electron chi connectivity index (χ2n) is 4.11. The summed E-state index contributed by atoms with van der Waals surface area (Å²) in [5.41, 5.74) is 8.68. The van der Waals surface area contributed by atoms with Crippen LogP contribution in [0, 0.1) is 0 Å². The van der Waals surface area contributed by atoms with Crippen LogP contribution in [0.5, 0.6) is 0 Å². The molecule has 2 N–H and O–H groups in total. The number of rotatable bonds is 4. The molecule has 2 nitrogen and oxygen atoms in total. The Kier molecular flexibility index (Phi) is 3.52. The Morgan fingerprint density at radius 3 is 2.50 bits per heavy atom. The number of hydrogen-bond acceptors (Lipinski definition) is 2. The van der Waals surface area contributed by atoms with E-state index in [4.69, 9.17) is 22.1 Å². The van der Waals surface area contributed by atoms with E-state index in [0.717, 1.165) is 30.0 Å². The Morgan fingerprint density at radius 2 is 2.00 bits per heavy atom. The van der Waals surface area contributed by atoms with Crippen molar-refractivity contribution < 1.29 is 4.74 Å². The smallest absolute Gasteiger partial charge is 0.112 e. The Morgan fingerprint density at radius 1 is 1.38 bits per heavy atom. The van der Waals surface area contributed by atoms with E-state index in [2.05, 4.69) is 0 Å². The van der Waals surface area contributed by atoms with E-state index in [-0.39, 0.29) is 6.04 Å². The second-order valence-corrected chi connectivity index (χ2v) is 4.55. The van der Waals surface area contributed by atoms with Crippen molar-refractivity contribution in [1.82, 2.24) is 0 Å². The molecule has 0 radical (unpaired) electrons. The van der Waals surface area contributed by atoms with Gasteiger partial charge in [-0.15, -0.1) is 0 Å². The lowest BCUT2D eigenvalue weighted by Gasteiger charge is -2.15. The minimum Gasteiger partial charge on any atom is -0.499 e. The van der Waals surface area contributed by atoms with Gasteiger partial charge in [0.15, 0.2) is 0 Å². The molecule has 0 aliphatic heterocycles. The summed E-state index contributed by atoms with van der Waals surface area (Å²) >= 11 is 5.83. The Balaban J connectivity index is 2.04. The highest BCUT2D eigenvalue weighted by molar-refractivity contribution is 6.30. The zero-order valence-electron chi connectivity index (χ0n) is 9.37. The molecule has 1 unspecified atom stereocenters. The molecular weight excluding hydrogens is 222 g/mol. The summed E-state index contributed by atoms with van der Waals surface area (Å²) in [5, 5.41) is 0.754. The predicted molar refractivity (Wildman–Crippen MR) is 66.4 cm³/mol. The van der Waals surface area contributed by atoms with Crippen molar-refractivity contribution in [3.63, 3.8) is 0 Å². The average molecular weight is 238 g/mol. The molecule has 1 aromatic rings. The summed E-state index contributed by atoms with van der Waals surface area (Å²) in [6, 6.07) is 7.75. The summed E-state index contributed by atoms with van der Waals surface area (Å²) in [7, 11) is 1.70. The molecule has 1 aliphatic rings. The van der Waals surface area contributed by atoms with Crippen LogP contribution in [0.2, 0.25) is 5.02 Å². The van der Waals surface area contributed by atoms with Crippen LogP contribution in [0.4, 0.5) is 0 Å². The minimum atomic E-state index is -0.0383. The summed E-state index contributed by atoms with van der Waals surface area (Å²) in [6.45, 7) is 0. The van der Waals surface area contributed by atoms with Gasteiger partial charge in [-0.2, -0.15) is 0 Å². The second kappa shape index (κ2) is 4.89. The third-order valence-electron chi connectivity index (χ3n) is 2.77. The highest BCUT2D eigenvalue weighted by Crippen LogP contribution is 2.33. The molecule has 1 saturated carbocycles. The molecule has 0 amide bonds.